The number of aliphatic carboxylic acids is 1. The first-order chi connectivity index (χ1) is 16.2. The molecule has 0 heterocycles. The molecule has 0 radical (unpaired) electrons. The van der Waals surface area contributed by atoms with Crippen LogP contribution in [-0.4, -0.2) is 40.9 Å². The van der Waals surface area contributed by atoms with E-state index < -0.39 is 23.7 Å². The van der Waals surface area contributed by atoms with Gasteiger partial charge in [-0.1, -0.05) is 81.0 Å². The summed E-state index contributed by atoms with van der Waals surface area (Å²) in [6.07, 6.45) is 17.5. The lowest BCUT2D eigenvalue weighted by Crippen LogP contribution is -2.43. The van der Waals surface area contributed by atoms with Crippen LogP contribution >= 0.6 is 0 Å². The molecule has 34 heavy (non-hydrogen) atoms. The zero-order chi connectivity index (χ0) is 24.8. The average Bonchev–Trinajstić information content (AvgIpc) is 2.80. The number of carboxylic acids is 1. The van der Waals surface area contributed by atoms with E-state index >= 15 is 0 Å². The Hall–Kier alpha value is -2.34. The number of ether oxygens (including phenoxy) is 1. The lowest BCUT2D eigenvalue weighted by atomic mass is 9.91. The lowest BCUT2D eigenvalue weighted by molar-refractivity contribution is -0.139. The molecule has 2 saturated carbocycles. The first-order valence-electron chi connectivity index (χ1n) is 12.9. The Balaban J connectivity index is 0.000000266. The van der Waals surface area contributed by atoms with Gasteiger partial charge in [-0.15, -0.1) is 0 Å². The monoisotopic (exact) mass is 472 g/mol. The first-order valence-corrected chi connectivity index (χ1v) is 12.9. The van der Waals surface area contributed by atoms with Crippen molar-refractivity contribution < 1.29 is 19.4 Å². The lowest BCUT2D eigenvalue weighted by Gasteiger charge is -2.30. The van der Waals surface area contributed by atoms with E-state index in [9.17, 15) is 9.59 Å². The predicted octanol–water partition coefficient (Wildman–Crippen LogP) is 6.31. The van der Waals surface area contributed by atoms with E-state index in [4.69, 9.17) is 9.84 Å². The van der Waals surface area contributed by atoms with Crippen LogP contribution < -0.4 is 10.6 Å². The van der Waals surface area contributed by atoms with Crippen molar-refractivity contribution >= 4 is 18.1 Å². The summed E-state index contributed by atoms with van der Waals surface area (Å²) in [7, 11) is 0. The van der Waals surface area contributed by atoms with Gasteiger partial charge in [0.25, 0.3) is 0 Å². The fraction of sp³-hybridized carbons (Fsp3) is 0.643. The molecule has 2 fully saturated rings. The van der Waals surface area contributed by atoms with Crippen LogP contribution in [0.4, 0.5) is 4.79 Å². The normalized spacial score (nSPS) is 18.6. The summed E-state index contributed by atoms with van der Waals surface area (Å²) in [6, 6.07) is 10.2. The minimum atomic E-state index is -1.10. The molecule has 0 bridgehead atoms. The van der Waals surface area contributed by atoms with Gasteiger partial charge >= 0.3 is 12.1 Å². The van der Waals surface area contributed by atoms with E-state index in [0.717, 1.165) is 17.6 Å². The van der Waals surface area contributed by atoms with Gasteiger partial charge in [-0.3, -0.25) is 0 Å². The highest BCUT2D eigenvalue weighted by Crippen LogP contribution is 2.22. The predicted molar refractivity (Wildman–Crippen MR) is 138 cm³/mol. The van der Waals surface area contributed by atoms with Gasteiger partial charge in [0.15, 0.2) is 0 Å². The molecule has 3 N–H and O–H groups in total. The van der Waals surface area contributed by atoms with Crippen molar-refractivity contribution in [1.82, 2.24) is 10.6 Å². The fourth-order valence-corrected chi connectivity index (χ4v) is 4.45. The fourth-order valence-electron chi connectivity index (χ4n) is 4.45. The molecule has 1 unspecified atom stereocenters. The Morgan fingerprint density at radius 3 is 1.97 bits per heavy atom. The first kappa shape index (κ1) is 27.9. The summed E-state index contributed by atoms with van der Waals surface area (Å²) in [4.78, 5) is 22.7. The second kappa shape index (κ2) is 14.8. The van der Waals surface area contributed by atoms with Gasteiger partial charge < -0.3 is 20.5 Å². The van der Waals surface area contributed by atoms with Crippen molar-refractivity contribution in [3.63, 3.8) is 0 Å². The maximum Gasteiger partial charge on any atom is 0.408 e. The zero-order valence-electron chi connectivity index (χ0n) is 21.2. The van der Waals surface area contributed by atoms with E-state index in [2.05, 4.69) is 10.6 Å². The number of carbonyl (C=O) groups excluding carboxylic acids is 1. The Labute approximate surface area is 205 Å². The number of benzene rings is 1. The van der Waals surface area contributed by atoms with Crippen LogP contribution in [0.2, 0.25) is 0 Å². The summed E-state index contributed by atoms with van der Waals surface area (Å²) in [6.45, 7) is 5.16. The molecular formula is C28H44N2O4. The van der Waals surface area contributed by atoms with Crippen LogP contribution in [0.1, 0.15) is 97.0 Å². The number of nitrogens with one attached hydrogen (secondary N) is 2. The zero-order valence-corrected chi connectivity index (χ0v) is 21.2. The Bertz CT molecular complexity index is 729. The smallest absolute Gasteiger partial charge is 0.408 e. The highest BCUT2D eigenvalue weighted by molar-refractivity contribution is 5.80. The van der Waals surface area contributed by atoms with Crippen LogP contribution in [0.15, 0.2) is 36.4 Å². The SMILES string of the molecule is C1CCC(NC2CCCCC2)CC1.CC(C)(C)OC(=O)NC(C/C=C/c1ccccc1)C(=O)O. The molecule has 0 spiro atoms. The van der Waals surface area contributed by atoms with E-state index in [-0.39, 0.29) is 6.42 Å². The second-order valence-electron chi connectivity index (χ2n) is 10.4. The molecule has 6 heteroatoms. The molecule has 1 amide bonds. The van der Waals surface area contributed by atoms with Gasteiger partial charge in [0.1, 0.15) is 11.6 Å². The van der Waals surface area contributed by atoms with Crippen LogP contribution in [-0.2, 0) is 9.53 Å². The number of amides is 1. The van der Waals surface area contributed by atoms with Crippen molar-refractivity contribution in [2.75, 3.05) is 0 Å². The summed E-state index contributed by atoms with van der Waals surface area (Å²) in [5.41, 5.74) is 0.312. The third-order valence-corrected chi connectivity index (χ3v) is 6.15. The number of hydrogen-bond acceptors (Lipinski definition) is 4. The van der Waals surface area contributed by atoms with Crippen molar-refractivity contribution in [2.24, 2.45) is 0 Å². The van der Waals surface area contributed by atoms with E-state index in [0.29, 0.717) is 0 Å². The van der Waals surface area contributed by atoms with Gasteiger partial charge in [-0.25, -0.2) is 9.59 Å². The van der Waals surface area contributed by atoms with Crippen molar-refractivity contribution in [3.05, 3.63) is 42.0 Å². The summed E-state index contributed by atoms with van der Waals surface area (Å²) in [5.74, 6) is -1.10. The standard InChI is InChI=1S/C16H21NO4.C12H23N/c1-16(2,3)21-15(20)17-13(14(18)19)11-7-10-12-8-5-4-6-9-12;1-3-7-11(8-4-1)13-12-9-5-2-6-10-12/h4-10,13H,11H2,1-3H3,(H,17,20)(H,18,19);11-13H,1-10H2/b10-7+;. The van der Waals surface area contributed by atoms with Gasteiger partial charge in [0.2, 0.25) is 0 Å². The summed E-state index contributed by atoms with van der Waals surface area (Å²) in [5, 5.41) is 15.3. The summed E-state index contributed by atoms with van der Waals surface area (Å²) >= 11 is 0. The molecule has 190 valence electrons. The molecule has 2 aliphatic carbocycles. The molecule has 1 atom stereocenters. The molecular weight excluding hydrogens is 428 g/mol. The maximum atomic E-state index is 11.6. The van der Waals surface area contributed by atoms with E-state index in [1.165, 1.54) is 64.2 Å². The Morgan fingerprint density at radius 2 is 1.50 bits per heavy atom. The van der Waals surface area contributed by atoms with Crippen molar-refractivity contribution in [3.8, 4) is 0 Å². The molecule has 0 saturated heterocycles. The molecule has 2 aliphatic rings. The number of hydrogen-bond donors (Lipinski definition) is 3. The minimum Gasteiger partial charge on any atom is -0.480 e. The van der Waals surface area contributed by atoms with E-state index in [1.54, 1.807) is 26.8 Å². The van der Waals surface area contributed by atoms with Crippen LogP contribution in [0.5, 0.6) is 0 Å². The van der Waals surface area contributed by atoms with Crippen molar-refractivity contribution in [1.29, 1.82) is 0 Å². The molecule has 0 aliphatic heterocycles. The minimum absolute atomic E-state index is 0.184. The summed E-state index contributed by atoms with van der Waals surface area (Å²) < 4.78 is 5.05. The molecule has 1 aromatic carbocycles. The van der Waals surface area contributed by atoms with Gasteiger partial charge in [0, 0.05) is 12.1 Å². The topological polar surface area (TPSA) is 87.7 Å². The number of rotatable bonds is 7. The quantitative estimate of drug-likeness (QED) is 0.433. The third-order valence-electron chi connectivity index (χ3n) is 6.15. The highest BCUT2D eigenvalue weighted by atomic mass is 16.6. The van der Waals surface area contributed by atoms with Crippen LogP contribution in [0.25, 0.3) is 6.08 Å². The molecule has 3 rings (SSSR count). The maximum absolute atomic E-state index is 11.6. The van der Waals surface area contributed by atoms with Crippen LogP contribution in [0, 0.1) is 0 Å². The second-order valence-corrected chi connectivity index (χ2v) is 10.4. The molecule has 0 aromatic heterocycles. The average molecular weight is 473 g/mol. The van der Waals surface area contributed by atoms with Gasteiger partial charge in [-0.2, -0.15) is 0 Å². The third kappa shape index (κ3) is 12.2. The number of carboxylic acid groups (broad SMARTS) is 1. The highest BCUT2D eigenvalue weighted by Gasteiger charge is 2.23. The Morgan fingerprint density at radius 1 is 0.971 bits per heavy atom. The molecule has 6 nitrogen and oxygen atoms in total. The number of carbonyl (C=O) groups is 2. The van der Waals surface area contributed by atoms with Crippen molar-refractivity contribution in [2.45, 2.75) is 115 Å². The van der Waals surface area contributed by atoms with Crippen LogP contribution in [0.3, 0.4) is 0 Å². The molecule has 1 aromatic rings. The van der Waals surface area contributed by atoms with Gasteiger partial charge in [-0.05, 0) is 58.4 Å². The number of alkyl carbamates (subject to hydrolysis) is 1. The van der Waals surface area contributed by atoms with E-state index in [1.807, 2.05) is 36.4 Å². The van der Waals surface area contributed by atoms with Gasteiger partial charge in [0.05, 0.1) is 0 Å². The largest absolute Gasteiger partial charge is 0.480 e. The Kier molecular flexibility index (Phi) is 12.2.